The number of hydrogen-bond donors (Lipinski definition) is 3. The van der Waals surface area contributed by atoms with Gasteiger partial charge in [0.2, 0.25) is 5.91 Å². The number of amides is 1. The van der Waals surface area contributed by atoms with Crippen molar-refractivity contribution in [3.63, 3.8) is 0 Å². The number of carbonyl (C=O) groups is 2. The zero-order valence-corrected chi connectivity index (χ0v) is 8.34. The van der Waals surface area contributed by atoms with E-state index in [2.05, 4.69) is 10.1 Å². The number of carboxylic acids is 1. The number of hydrogen-bond acceptors (Lipinski definition) is 4. The lowest BCUT2D eigenvalue weighted by atomic mass is 10.3. The van der Waals surface area contributed by atoms with Crippen LogP contribution in [-0.4, -0.2) is 35.3 Å². The number of phenolic OH excluding ortho intramolecular Hbond substituents is 1. The standard InChI is InChI=1S/C10H11NO5/c12-8-4-2-1-3-7(8)11-9(13)5-16-6-10(14)15/h1-4,12H,5-6H2,(H,11,13)(H,14,15). The Kier molecular flexibility index (Phi) is 4.28. The van der Waals surface area contributed by atoms with Crippen LogP contribution in [0, 0.1) is 0 Å². The number of carbonyl (C=O) groups excluding carboxylic acids is 1. The van der Waals surface area contributed by atoms with Crippen LogP contribution in [-0.2, 0) is 14.3 Å². The Bertz CT molecular complexity index is 391. The maximum absolute atomic E-state index is 11.2. The third-order valence-electron chi connectivity index (χ3n) is 1.64. The maximum atomic E-state index is 11.2. The van der Waals surface area contributed by atoms with Crippen LogP contribution in [0.3, 0.4) is 0 Å². The number of anilines is 1. The van der Waals surface area contributed by atoms with Crippen LogP contribution in [0.1, 0.15) is 0 Å². The molecule has 0 bridgehead atoms. The molecule has 0 aliphatic carbocycles. The van der Waals surface area contributed by atoms with Crippen molar-refractivity contribution in [2.75, 3.05) is 18.5 Å². The highest BCUT2D eigenvalue weighted by molar-refractivity contribution is 5.93. The Balaban J connectivity index is 2.40. The van der Waals surface area contributed by atoms with E-state index >= 15 is 0 Å². The summed E-state index contributed by atoms with van der Waals surface area (Å²) in [7, 11) is 0. The Morgan fingerprint density at radius 2 is 1.94 bits per heavy atom. The molecule has 16 heavy (non-hydrogen) atoms. The normalized spacial score (nSPS) is 9.75. The number of aromatic hydroxyl groups is 1. The van der Waals surface area contributed by atoms with Crippen LogP contribution in [0.15, 0.2) is 24.3 Å². The van der Waals surface area contributed by atoms with E-state index in [0.29, 0.717) is 0 Å². The second-order valence-electron chi connectivity index (χ2n) is 2.95. The minimum Gasteiger partial charge on any atom is -0.506 e. The molecule has 1 aromatic carbocycles. The van der Waals surface area contributed by atoms with Gasteiger partial charge in [-0.25, -0.2) is 4.79 Å². The Morgan fingerprint density at radius 1 is 1.25 bits per heavy atom. The lowest BCUT2D eigenvalue weighted by Crippen LogP contribution is -2.20. The third kappa shape index (κ3) is 3.97. The van der Waals surface area contributed by atoms with Gasteiger partial charge in [-0.2, -0.15) is 0 Å². The zero-order valence-electron chi connectivity index (χ0n) is 8.34. The van der Waals surface area contributed by atoms with Crippen molar-refractivity contribution in [3.8, 4) is 5.75 Å². The second-order valence-corrected chi connectivity index (χ2v) is 2.95. The quantitative estimate of drug-likeness (QED) is 0.631. The van der Waals surface area contributed by atoms with Crippen LogP contribution in [0.5, 0.6) is 5.75 Å². The molecule has 86 valence electrons. The highest BCUT2D eigenvalue weighted by atomic mass is 16.5. The number of ether oxygens (including phenoxy) is 1. The molecule has 0 unspecified atom stereocenters. The number of aliphatic carboxylic acids is 1. The van der Waals surface area contributed by atoms with E-state index in [-0.39, 0.29) is 18.0 Å². The molecule has 0 aliphatic heterocycles. The van der Waals surface area contributed by atoms with Crippen LogP contribution < -0.4 is 5.32 Å². The van der Waals surface area contributed by atoms with E-state index in [4.69, 9.17) is 5.11 Å². The fraction of sp³-hybridized carbons (Fsp3) is 0.200. The fourth-order valence-corrected chi connectivity index (χ4v) is 0.997. The van der Waals surface area contributed by atoms with Gasteiger partial charge in [-0.3, -0.25) is 4.79 Å². The van der Waals surface area contributed by atoms with Gasteiger partial charge in [-0.05, 0) is 12.1 Å². The summed E-state index contributed by atoms with van der Waals surface area (Å²) in [5.41, 5.74) is 0.256. The van der Waals surface area contributed by atoms with Gasteiger partial charge >= 0.3 is 5.97 Å². The monoisotopic (exact) mass is 225 g/mol. The first kappa shape index (κ1) is 12.0. The smallest absolute Gasteiger partial charge is 0.329 e. The molecule has 0 saturated heterocycles. The summed E-state index contributed by atoms with van der Waals surface area (Å²) in [5.74, 6) is -1.73. The number of para-hydroxylation sites is 2. The highest BCUT2D eigenvalue weighted by Gasteiger charge is 2.06. The number of phenols is 1. The van der Waals surface area contributed by atoms with Crippen molar-refractivity contribution >= 4 is 17.6 Å². The molecule has 6 heteroatoms. The average Bonchev–Trinajstić information content (AvgIpc) is 2.21. The molecular weight excluding hydrogens is 214 g/mol. The van der Waals surface area contributed by atoms with E-state index in [1.54, 1.807) is 12.1 Å². The van der Waals surface area contributed by atoms with Crippen molar-refractivity contribution in [1.82, 2.24) is 0 Å². The van der Waals surface area contributed by atoms with Gasteiger partial charge in [-0.1, -0.05) is 12.1 Å². The molecule has 3 N–H and O–H groups in total. The number of nitrogens with one attached hydrogen (secondary N) is 1. The number of carboxylic acid groups (broad SMARTS) is 1. The number of benzene rings is 1. The minimum atomic E-state index is -1.14. The topological polar surface area (TPSA) is 95.9 Å². The van der Waals surface area contributed by atoms with E-state index < -0.39 is 18.5 Å². The van der Waals surface area contributed by atoms with E-state index in [1.165, 1.54) is 12.1 Å². The van der Waals surface area contributed by atoms with Gasteiger partial charge in [0.25, 0.3) is 0 Å². The first-order valence-electron chi connectivity index (χ1n) is 4.47. The summed E-state index contributed by atoms with van der Waals surface area (Å²) >= 11 is 0. The summed E-state index contributed by atoms with van der Waals surface area (Å²) in [6.07, 6.45) is 0. The molecule has 1 aromatic rings. The number of rotatable bonds is 5. The molecular formula is C10H11NO5. The van der Waals surface area contributed by atoms with Gasteiger partial charge in [0, 0.05) is 0 Å². The Morgan fingerprint density at radius 3 is 2.56 bits per heavy atom. The molecule has 0 aromatic heterocycles. The van der Waals surface area contributed by atoms with Gasteiger partial charge in [-0.15, -0.1) is 0 Å². The molecule has 1 amide bonds. The molecule has 0 aliphatic rings. The Labute approximate surface area is 91.5 Å². The first-order valence-corrected chi connectivity index (χ1v) is 4.47. The lowest BCUT2D eigenvalue weighted by Gasteiger charge is -2.06. The lowest BCUT2D eigenvalue weighted by molar-refractivity contribution is -0.143. The predicted molar refractivity (Wildman–Crippen MR) is 55.2 cm³/mol. The van der Waals surface area contributed by atoms with Crippen LogP contribution in [0.25, 0.3) is 0 Å². The summed E-state index contributed by atoms with van der Waals surface area (Å²) < 4.78 is 4.58. The molecule has 6 nitrogen and oxygen atoms in total. The van der Waals surface area contributed by atoms with E-state index in [1.807, 2.05) is 0 Å². The van der Waals surface area contributed by atoms with Crippen LogP contribution >= 0.6 is 0 Å². The first-order chi connectivity index (χ1) is 7.59. The highest BCUT2D eigenvalue weighted by Crippen LogP contribution is 2.21. The minimum absolute atomic E-state index is 0.0610. The largest absolute Gasteiger partial charge is 0.506 e. The molecule has 0 heterocycles. The SMILES string of the molecule is O=C(O)COCC(=O)Nc1ccccc1O. The summed E-state index contributed by atoms with van der Waals surface area (Å²) in [5, 5.41) is 20.0. The van der Waals surface area contributed by atoms with Gasteiger partial charge < -0.3 is 20.3 Å². The summed E-state index contributed by atoms with van der Waals surface area (Å²) in [6, 6.07) is 6.21. The van der Waals surface area contributed by atoms with Crippen molar-refractivity contribution in [3.05, 3.63) is 24.3 Å². The van der Waals surface area contributed by atoms with E-state index in [0.717, 1.165) is 0 Å². The van der Waals surface area contributed by atoms with Gasteiger partial charge in [0.1, 0.15) is 19.0 Å². The zero-order chi connectivity index (χ0) is 12.0. The van der Waals surface area contributed by atoms with E-state index in [9.17, 15) is 14.7 Å². The molecule has 1 rings (SSSR count). The van der Waals surface area contributed by atoms with Crippen LogP contribution in [0.2, 0.25) is 0 Å². The molecule has 0 atom stereocenters. The second kappa shape index (κ2) is 5.72. The summed E-state index contributed by atoms with van der Waals surface area (Å²) in [4.78, 5) is 21.3. The molecule has 0 spiro atoms. The summed E-state index contributed by atoms with van der Waals surface area (Å²) in [6.45, 7) is -0.908. The van der Waals surface area contributed by atoms with Crippen molar-refractivity contribution in [1.29, 1.82) is 0 Å². The third-order valence-corrected chi connectivity index (χ3v) is 1.64. The van der Waals surface area contributed by atoms with Gasteiger partial charge in [0.05, 0.1) is 5.69 Å². The van der Waals surface area contributed by atoms with Crippen molar-refractivity contribution in [2.24, 2.45) is 0 Å². The molecule has 0 saturated carbocycles. The molecule has 0 radical (unpaired) electrons. The fourth-order valence-electron chi connectivity index (χ4n) is 0.997. The van der Waals surface area contributed by atoms with Crippen LogP contribution in [0.4, 0.5) is 5.69 Å². The Hall–Kier alpha value is -2.08. The molecule has 0 fully saturated rings. The predicted octanol–water partition coefficient (Wildman–Crippen LogP) is 0.432. The van der Waals surface area contributed by atoms with Crippen molar-refractivity contribution < 1.29 is 24.5 Å². The maximum Gasteiger partial charge on any atom is 0.329 e. The average molecular weight is 225 g/mol. The van der Waals surface area contributed by atoms with Crippen molar-refractivity contribution in [2.45, 2.75) is 0 Å². The van der Waals surface area contributed by atoms with Gasteiger partial charge in [0.15, 0.2) is 0 Å².